The third kappa shape index (κ3) is 2.43. The maximum Gasteiger partial charge on any atom is 0.287 e. The van der Waals surface area contributed by atoms with E-state index in [4.69, 9.17) is 0 Å². The summed E-state index contributed by atoms with van der Waals surface area (Å²) in [6, 6.07) is 0. The molecule has 0 rings (SSSR count). The van der Waals surface area contributed by atoms with E-state index >= 15 is 0 Å². The fraction of sp³-hybridized carbons (Fsp3) is 1.00. The van der Waals surface area contributed by atoms with E-state index in [1.807, 2.05) is 0 Å². The Morgan fingerprint density at radius 1 is 1.10 bits per heavy atom. The van der Waals surface area contributed by atoms with Gasteiger partial charge in [0.25, 0.3) is 8.87 Å². The first-order valence-electron chi connectivity index (χ1n) is 1.65. The number of rotatable bonds is 1. The molecule has 0 aliphatic heterocycles. The Bertz CT molecular complexity index is 272. The summed E-state index contributed by atoms with van der Waals surface area (Å²) in [5, 5.41) is 0. The average Bonchev–Trinajstić information content (AvgIpc) is 1.62. The molecule has 0 aromatic heterocycles. The molecule has 0 amide bonds. The number of hydrogen-bond acceptors (Lipinski definition) is 4. The van der Waals surface area contributed by atoms with E-state index in [-0.39, 0.29) is 0 Å². The average molecular weight is 381 g/mol. The summed E-state index contributed by atoms with van der Waals surface area (Å²) in [5.41, 5.74) is 0. The SMILES string of the molecule is O=[SH](=O)S(=O)(=O)C(Br)(Br)Br. The first-order valence-corrected chi connectivity index (χ1v) is 7.30. The molecule has 0 saturated heterocycles. The van der Waals surface area contributed by atoms with Gasteiger partial charge >= 0.3 is 0 Å². The summed E-state index contributed by atoms with van der Waals surface area (Å²) in [6.45, 7) is 0. The normalized spacial score (nSPS) is 14.0. The highest BCUT2D eigenvalue weighted by Crippen LogP contribution is 2.39. The zero-order valence-electron chi connectivity index (χ0n) is 4.12. The van der Waals surface area contributed by atoms with E-state index < -0.39 is 20.1 Å². The molecule has 0 heterocycles. The zero-order valence-corrected chi connectivity index (χ0v) is 10.6. The van der Waals surface area contributed by atoms with Crippen molar-refractivity contribution in [2.45, 2.75) is 1.47 Å². The second kappa shape index (κ2) is 3.38. The minimum atomic E-state index is -4.21. The maximum absolute atomic E-state index is 10.6. The molecule has 0 aliphatic rings. The molecule has 0 aliphatic carbocycles. The molecule has 0 atom stereocenters. The summed E-state index contributed by atoms with van der Waals surface area (Å²) in [5.74, 6) is 0. The van der Waals surface area contributed by atoms with Crippen LogP contribution in [-0.4, -0.2) is 18.3 Å². The Hall–Kier alpha value is 1.34. The van der Waals surface area contributed by atoms with Gasteiger partial charge in [-0.2, -0.15) is 0 Å². The number of alkyl halides is 3. The fourth-order valence-corrected chi connectivity index (χ4v) is 3.95. The Balaban J connectivity index is 5.19. The van der Waals surface area contributed by atoms with Gasteiger partial charge < -0.3 is 0 Å². The summed E-state index contributed by atoms with van der Waals surface area (Å²) in [7, 11) is -7.71. The van der Waals surface area contributed by atoms with Gasteiger partial charge in [-0.15, -0.1) is 0 Å². The second-order valence-corrected chi connectivity index (χ2v) is 13.8. The van der Waals surface area contributed by atoms with Crippen LogP contribution in [0.5, 0.6) is 0 Å². The smallest absolute Gasteiger partial charge is 0.216 e. The van der Waals surface area contributed by atoms with Crippen molar-refractivity contribution in [3.8, 4) is 0 Å². The van der Waals surface area contributed by atoms with Gasteiger partial charge in [0.1, 0.15) is 0 Å². The lowest BCUT2D eigenvalue weighted by Gasteiger charge is -2.05. The van der Waals surface area contributed by atoms with E-state index in [0.717, 1.165) is 0 Å². The molecule has 4 nitrogen and oxygen atoms in total. The van der Waals surface area contributed by atoms with Crippen LogP contribution in [0.4, 0.5) is 0 Å². The van der Waals surface area contributed by atoms with Crippen LogP contribution in [0, 0.1) is 0 Å². The Kier molecular flexibility index (Phi) is 3.83. The van der Waals surface area contributed by atoms with Crippen molar-refractivity contribution < 1.29 is 16.8 Å². The molecular weight excluding hydrogens is 380 g/mol. The van der Waals surface area contributed by atoms with E-state index in [9.17, 15) is 16.8 Å². The van der Waals surface area contributed by atoms with Crippen LogP contribution < -0.4 is 0 Å². The quantitative estimate of drug-likeness (QED) is 0.413. The molecule has 0 spiro atoms. The third-order valence-electron chi connectivity index (χ3n) is 0.489. The standard InChI is InChI=1S/CHBr3O4S2/c2-1(3,4)10(7,8)9(5)6/h9H. The molecule has 0 aromatic carbocycles. The monoisotopic (exact) mass is 378 g/mol. The lowest BCUT2D eigenvalue weighted by molar-refractivity contribution is 0.594. The minimum Gasteiger partial charge on any atom is -0.216 e. The highest BCUT2D eigenvalue weighted by molar-refractivity contribution is 9.43. The van der Waals surface area contributed by atoms with Crippen molar-refractivity contribution in [1.82, 2.24) is 0 Å². The molecule has 10 heavy (non-hydrogen) atoms. The van der Waals surface area contributed by atoms with Crippen LogP contribution in [0.15, 0.2) is 0 Å². The van der Waals surface area contributed by atoms with Crippen LogP contribution in [0.2, 0.25) is 0 Å². The minimum absolute atomic E-state index is 1.77. The van der Waals surface area contributed by atoms with Crippen LogP contribution in [-0.2, 0) is 18.6 Å². The van der Waals surface area contributed by atoms with Crippen LogP contribution >= 0.6 is 47.8 Å². The van der Waals surface area contributed by atoms with Crippen molar-refractivity contribution >= 4 is 66.4 Å². The lowest BCUT2D eigenvalue weighted by atomic mass is 11.9. The predicted octanol–water partition coefficient (Wildman–Crippen LogP) is 0.724. The van der Waals surface area contributed by atoms with Gasteiger partial charge in [0.15, 0.2) is 0 Å². The Morgan fingerprint density at radius 2 is 1.40 bits per heavy atom. The van der Waals surface area contributed by atoms with E-state index in [2.05, 4.69) is 47.8 Å². The summed E-state index contributed by atoms with van der Waals surface area (Å²) < 4.78 is 39.5. The van der Waals surface area contributed by atoms with E-state index in [1.54, 1.807) is 0 Å². The molecule has 0 saturated carbocycles. The van der Waals surface area contributed by atoms with Gasteiger partial charge in [-0.25, -0.2) is 16.8 Å². The van der Waals surface area contributed by atoms with Gasteiger partial charge in [-0.1, -0.05) is 0 Å². The van der Waals surface area contributed by atoms with Gasteiger partial charge in [-0.3, -0.25) is 0 Å². The Labute approximate surface area is 84.0 Å². The zero-order chi connectivity index (χ0) is 8.58. The molecular formula is CHBr3O4S2. The number of halogens is 3. The molecule has 0 N–H and O–H groups in total. The van der Waals surface area contributed by atoms with Gasteiger partial charge in [0.2, 0.25) is 11.2 Å². The summed E-state index contributed by atoms with van der Waals surface area (Å²) >= 11 is 7.69. The number of hydrogen-bond donors (Lipinski definition) is 1. The molecule has 9 heteroatoms. The second-order valence-electron chi connectivity index (χ2n) is 1.14. The molecule has 0 aromatic rings. The highest BCUT2D eigenvalue weighted by Gasteiger charge is 2.38. The van der Waals surface area contributed by atoms with Crippen molar-refractivity contribution in [1.29, 1.82) is 0 Å². The van der Waals surface area contributed by atoms with Crippen molar-refractivity contribution in [2.24, 2.45) is 0 Å². The molecule has 62 valence electrons. The first kappa shape index (κ1) is 11.3. The highest BCUT2D eigenvalue weighted by atomic mass is 80.0. The predicted molar refractivity (Wildman–Crippen MR) is 48.7 cm³/mol. The fourth-order valence-electron chi connectivity index (χ4n) is 0.0845. The van der Waals surface area contributed by atoms with Crippen LogP contribution in [0.1, 0.15) is 0 Å². The van der Waals surface area contributed by atoms with Crippen LogP contribution in [0.3, 0.4) is 0 Å². The lowest BCUT2D eigenvalue weighted by Crippen LogP contribution is -2.18. The maximum atomic E-state index is 10.6. The topological polar surface area (TPSA) is 68.3 Å². The molecule has 0 unspecified atom stereocenters. The Morgan fingerprint density at radius 3 is 1.40 bits per heavy atom. The molecule has 0 fully saturated rings. The van der Waals surface area contributed by atoms with E-state index in [0.29, 0.717) is 0 Å². The third-order valence-corrected chi connectivity index (χ3v) is 9.55. The van der Waals surface area contributed by atoms with E-state index in [1.165, 1.54) is 0 Å². The largest absolute Gasteiger partial charge is 0.287 e. The van der Waals surface area contributed by atoms with Crippen molar-refractivity contribution in [3.63, 3.8) is 0 Å². The molecule has 0 radical (unpaired) electrons. The van der Waals surface area contributed by atoms with Gasteiger partial charge in [-0.05, 0) is 47.8 Å². The van der Waals surface area contributed by atoms with Gasteiger partial charge in [0, 0.05) is 0 Å². The van der Waals surface area contributed by atoms with Crippen LogP contribution in [0.25, 0.3) is 0 Å². The summed E-state index contributed by atoms with van der Waals surface area (Å²) in [6.07, 6.45) is 0. The van der Waals surface area contributed by atoms with Gasteiger partial charge in [0.05, 0.1) is 0 Å². The first-order chi connectivity index (χ1) is 4.19. The van der Waals surface area contributed by atoms with Crippen molar-refractivity contribution in [2.75, 3.05) is 0 Å². The van der Waals surface area contributed by atoms with Crippen molar-refractivity contribution in [3.05, 3.63) is 0 Å². The number of thiol groups is 1. The summed E-state index contributed by atoms with van der Waals surface area (Å²) in [4.78, 5) is 0. The molecule has 0 bridgehead atoms.